The molecule has 1 aromatic heterocycles. The summed E-state index contributed by atoms with van der Waals surface area (Å²) in [5.74, 6) is -1.08. The zero-order valence-corrected chi connectivity index (χ0v) is 15.3. The third-order valence-corrected chi connectivity index (χ3v) is 5.02. The van der Waals surface area contributed by atoms with E-state index in [1.807, 2.05) is 37.3 Å². The molecule has 0 aliphatic heterocycles. The number of amides is 1. The summed E-state index contributed by atoms with van der Waals surface area (Å²) < 4.78 is 29.3. The molecule has 136 valence electrons. The average Bonchev–Trinajstić information content (AvgIpc) is 2.99. The highest BCUT2D eigenvalue weighted by Gasteiger charge is 2.22. The molecule has 2 aromatic rings. The first-order valence-corrected chi connectivity index (χ1v) is 10.1. The van der Waals surface area contributed by atoms with E-state index < -0.39 is 27.3 Å². The number of hydrogen-bond donors (Lipinski definition) is 1. The molecule has 0 aliphatic carbocycles. The van der Waals surface area contributed by atoms with Crippen LogP contribution in [0.4, 0.5) is 0 Å². The van der Waals surface area contributed by atoms with E-state index in [9.17, 15) is 13.2 Å². The van der Waals surface area contributed by atoms with E-state index in [2.05, 4.69) is 15.5 Å². The van der Waals surface area contributed by atoms with Gasteiger partial charge in [-0.3, -0.25) is 4.79 Å². The van der Waals surface area contributed by atoms with Crippen molar-refractivity contribution in [3.8, 4) is 0 Å². The van der Waals surface area contributed by atoms with E-state index in [4.69, 9.17) is 4.52 Å². The number of sulfone groups is 1. The Labute approximate surface area is 147 Å². The fraction of sp³-hybridized carbons (Fsp3) is 0.471. The van der Waals surface area contributed by atoms with Crippen LogP contribution in [0, 0.1) is 0 Å². The number of nitrogens with one attached hydrogen (secondary N) is 1. The summed E-state index contributed by atoms with van der Waals surface area (Å²) >= 11 is 0. The molecule has 0 radical (unpaired) electrons. The number of hydrogen-bond acceptors (Lipinski definition) is 6. The number of carbonyl (C=O) groups excluding carboxylic acids is 1. The standard InChI is InChI=1S/C17H23N3O4S/c1-3-4-10-15-19-17(24-20-15)12-25(22,23)11-16(21)18-13(2)14-8-6-5-7-9-14/h5-9,13H,3-4,10-12H2,1-2H3,(H,18,21)/t13-/m0/s1. The van der Waals surface area contributed by atoms with Crippen molar-refractivity contribution in [2.45, 2.75) is 44.9 Å². The first-order chi connectivity index (χ1) is 11.9. The van der Waals surface area contributed by atoms with Gasteiger partial charge in [-0.1, -0.05) is 48.8 Å². The molecule has 8 heteroatoms. The molecule has 0 saturated heterocycles. The predicted molar refractivity (Wildman–Crippen MR) is 93.4 cm³/mol. The zero-order chi connectivity index (χ0) is 18.3. The topological polar surface area (TPSA) is 102 Å². The number of benzene rings is 1. The van der Waals surface area contributed by atoms with Gasteiger partial charge in [-0.2, -0.15) is 4.98 Å². The van der Waals surface area contributed by atoms with Gasteiger partial charge < -0.3 is 9.84 Å². The van der Waals surface area contributed by atoms with Crippen LogP contribution in [0.5, 0.6) is 0 Å². The average molecular weight is 365 g/mol. The third kappa shape index (κ3) is 6.30. The van der Waals surface area contributed by atoms with Gasteiger partial charge in [0.2, 0.25) is 11.8 Å². The summed E-state index contributed by atoms with van der Waals surface area (Å²) in [6.45, 7) is 3.85. The first-order valence-electron chi connectivity index (χ1n) is 8.26. The number of rotatable bonds is 9. The summed E-state index contributed by atoms with van der Waals surface area (Å²) in [5.41, 5.74) is 0.908. The van der Waals surface area contributed by atoms with Gasteiger partial charge in [0.25, 0.3) is 0 Å². The van der Waals surface area contributed by atoms with Gasteiger partial charge in [-0.05, 0) is 18.9 Å². The van der Waals surface area contributed by atoms with Crippen molar-refractivity contribution < 1.29 is 17.7 Å². The van der Waals surface area contributed by atoms with Crippen molar-refractivity contribution in [3.05, 3.63) is 47.6 Å². The van der Waals surface area contributed by atoms with Gasteiger partial charge in [-0.15, -0.1) is 0 Å². The van der Waals surface area contributed by atoms with E-state index in [1.165, 1.54) is 0 Å². The van der Waals surface area contributed by atoms with E-state index in [-0.39, 0.29) is 11.9 Å². The van der Waals surface area contributed by atoms with Gasteiger partial charge >= 0.3 is 0 Å². The molecule has 0 aliphatic rings. The Hall–Kier alpha value is -2.22. The minimum atomic E-state index is -3.68. The molecule has 7 nitrogen and oxygen atoms in total. The van der Waals surface area contributed by atoms with Crippen molar-refractivity contribution in [1.29, 1.82) is 0 Å². The van der Waals surface area contributed by atoms with Crippen molar-refractivity contribution in [3.63, 3.8) is 0 Å². The molecule has 25 heavy (non-hydrogen) atoms. The lowest BCUT2D eigenvalue weighted by atomic mass is 10.1. The summed E-state index contributed by atoms with van der Waals surface area (Å²) in [4.78, 5) is 16.1. The number of nitrogens with zero attached hydrogens (tertiary/aromatic N) is 2. The highest BCUT2D eigenvalue weighted by molar-refractivity contribution is 7.91. The van der Waals surface area contributed by atoms with E-state index in [0.29, 0.717) is 12.2 Å². The summed E-state index contributed by atoms with van der Waals surface area (Å²) in [6, 6.07) is 9.07. The molecule has 0 fully saturated rings. The Bertz CT molecular complexity index is 787. The van der Waals surface area contributed by atoms with Crippen molar-refractivity contribution in [2.24, 2.45) is 0 Å². The van der Waals surface area contributed by atoms with Crippen LogP contribution >= 0.6 is 0 Å². The van der Waals surface area contributed by atoms with Crippen molar-refractivity contribution >= 4 is 15.7 Å². The maximum Gasteiger partial charge on any atom is 0.241 e. The third-order valence-electron chi connectivity index (χ3n) is 3.64. The van der Waals surface area contributed by atoms with Crippen molar-refractivity contribution in [1.82, 2.24) is 15.5 Å². The molecular weight excluding hydrogens is 342 g/mol. The van der Waals surface area contributed by atoms with Crippen LogP contribution in [-0.2, 0) is 26.8 Å². The second-order valence-corrected chi connectivity index (χ2v) is 8.00. The quantitative estimate of drug-likeness (QED) is 0.731. The largest absolute Gasteiger partial charge is 0.349 e. The van der Waals surface area contributed by atoms with Gasteiger partial charge in [0, 0.05) is 6.42 Å². The van der Waals surface area contributed by atoms with Crippen LogP contribution in [0.2, 0.25) is 0 Å². The second-order valence-electron chi connectivity index (χ2n) is 5.94. The fourth-order valence-electron chi connectivity index (χ4n) is 2.33. The number of unbranched alkanes of at least 4 members (excludes halogenated alkanes) is 1. The maximum atomic E-state index is 12.2. The van der Waals surface area contributed by atoms with Crippen LogP contribution < -0.4 is 5.32 Å². The zero-order valence-electron chi connectivity index (χ0n) is 14.4. The normalized spacial score (nSPS) is 12.7. The molecule has 1 amide bonds. The Balaban J connectivity index is 1.89. The van der Waals surface area contributed by atoms with Crippen LogP contribution in [0.15, 0.2) is 34.9 Å². The molecule has 1 atom stereocenters. The lowest BCUT2D eigenvalue weighted by molar-refractivity contribution is -0.119. The van der Waals surface area contributed by atoms with Gasteiger partial charge in [0.15, 0.2) is 15.7 Å². The molecule has 1 N–H and O–H groups in total. The minimum Gasteiger partial charge on any atom is -0.349 e. The predicted octanol–water partition coefficient (Wildman–Crippen LogP) is 2.20. The molecule has 0 spiro atoms. The first kappa shape index (κ1) is 19.1. The van der Waals surface area contributed by atoms with Crippen LogP contribution in [-0.4, -0.2) is 30.2 Å². The summed E-state index contributed by atoms with van der Waals surface area (Å²) in [5, 5.41) is 6.44. The van der Waals surface area contributed by atoms with Crippen LogP contribution in [0.1, 0.15) is 50.0 Å². The highest BCUT2D eigenvalue weighted by atomic mass is 32.2. The molecular formula is C17H23N3O4S. The SMILES string of the molecule is CCCCc1noc(CS(=O)(=O)CC(=O)N[C@@H](C)c2ccccc2)n1. The molecule has 1 aromatic carbocycles. The lowest BCUT2D eigenvalue weighted by Crippen LogP contribution is -2.32. The van der Waals surface area contributed by atoms with Crippen LogP contribution in [0.25, 0.3) is 0 Å². The van der Waals surface area contributed by atoms with Crippen molar-refractivity contribution in [2.75, 3.05) is 5.75 Å². The number of carbonyl (C=O) groups is 1. The Morgan fingerprint density at radius 2 is 2.00 bits per heavy atom. The molecule has 0 saturated carbocycles. The van der Waals surface area contributed by atoms with E-state index >= 15 is 0 Å². The minimum absolute atomic E-state index is 0.0232. The summed E-state index contributed by atoms with van der Waals surface area (Å²) in [6.07, 6.45) is 2.54. The molecule has 2 rings (SSSR count). The second kappa shape index (κ2) is 8.75. The van der Waals surface area contributed by atoms with Gasteiger partial charge in [0.05, 0.1) is 6.04 Å². The number of aromatic nitrogens is 2. The van der Waals surface area contributed by atoms with Gasteiger partial charge in [0.1, 0.15) is 11.5 Å². The monoisotopic (exact) mass is 365 g/mol. The molecule has 0 unspecified atom stereocenters. The highest BCUT2D eigenvalue weighted by Crippen LogP contribution is 2.12. The summed E-state index contributed by atoms with van der Waals surface area (Å²) in [7, 11) is -3.68. The smallest absolute Gasteiger partial charge is 0.241 e. The Morgan fingerprint density at radius 3 is 2.68 bits per heavy atom. The Morgan fingerprint density at radius 1 is 1.28 bits per heavy atom. The number of aryl methyl sites for hydroxylation is 1. The fourth-order valence-corrected chi connectivity index (χ4v) is 3.41. The molecule has 1 heterocycles. The van der Waals surface area contributed by atoms with Gasteiger partial charge in [-0.25, -0.2) is 8.42 Å². The Kier molecular flexibility index (Phi) is 6.69. The van der Waals surface area contributed by atoms with Crippen LogP contribution in [0.3, 0.4) is 0 Å². The lowest BCUT2D eigenvalue weighted by Gasteiger charge is -2.14. The van der Waals surface area contributed by atoms with E-state index in [1.54, 1.807) is 6.92 Å². The van der Waals surface area contributed by atoms with E-state index in [0.717, 1.165) is 18.4 Å². The maximum absolute atomic E-state index is 12.2. The molecule has 0 bridgehead atoms.